The molecule has 0 bridgehead atoms. The molecule has 3 aliphatic rings. The number of nitrogens with zero attached hydrogens (tertiary/aromatic N) is 2. The predicted octanol–water partition coefficient (Wildman–Crippen LogP) is 17.3. The van der Waals surface area contributed by atoms with Crippen LogP contribution in [0.2, 0.25) is 0 Å². The molecule has 10 aromatic rings. The van der Waals surface area contributed by atoms with E-state index in [1.807, 2.05) is 11.3 Å². The summed E-state index contributed by atoms with van der Waals surface area (Å²) in [7, 11) is 0. The van der Waals surface area contributed by atoms with E-state index in [4.69, 9.17) is 4.42 Å². The molecule has 4 heterocycles. The van der Waals surface area contributed by atoms with Gasteiger partial charge >= 0.3 is 6.85 Å². The summed E-state index contributed by atoms with van der Waals surface area (Å²) >= 11 is 1.93. The molecule has 1 aliphatic carbocycles. The maximum Gasteiger partial charge on any atom is 0.333 e. The summed E-state index contributed by atoms with van der Waals surface area (Å²) in [5.74, 6) is 0. The van der Waals surface area contributed by atoms with Crippen molar-refractivity contribution < 1.29 is 4.42 Å². The highest BCUT2D eigenvalue weighted by atomic mass is 32.1. The van der Waals surface area contributed by atoms with Gasteiger partial charge in [-0.25, -0.2) is 0 Å². The Bertz CT molecular complexity index is 3760. The molecule has 69 heavy (non-hydrogen) atoms. The number of fused-ring (bicyclic) bond motifs is 13. The molecule has 0 atom stereocenters. The fourth-order valence-electron chi connectivity index (χ4n) is 12.2. The molecule has 0 fully saturated rings. The van der Waals surface area contributed by atoms with Crippen molar-refractivity contribution in [3.05, 3.63) is 174 Å². The summed E-state index contributed by atoms with van der Waals surface area (Å²) in [5, 5.41) is 4.88. The number of thiophene rings is 1. The van der Waals surface area contributed by atoms with Crippen LogP contribution in [0.3, 0.4) is 0 Å². The van der Waals surface area contributed by atoms with E-state index in [0.717, 1.165) is 34.8 Å². The summed E-state index contributed by atoms with van der Waals surface area (Å²) < 4.78 is 9.87. The van der Waals surface area contributed by atoms with E-state index in [2.05, 4.69) is 231 Å². The third-order valence-electron chi connectivity index (χ3n) is 16.2. The minimum absolute atomic E-state index is 0.00254. The van der Waals surface area contributed by atoms with E-state index in [0.29, 0.717) is 0 Å². The van der Waals surface area contributed by atoms with Gasteiger partial charge in [0.1, 0.15) is 11.2 Å². The molecule has 2 aromatic heterocycles. The third-order valence-corrected chi connectivity index (χ3v) is 17.4. The third kappa shape index (κ3) is 6.25. The number of rotatable bonds is 3. The quantitative estimate of drug-likeness (QED) is 0.165. The van der Waals surface area contributed by atoms with E-state index >= 15 is 0 Å². The van der Waals surface area contributed by atoms with Crippen LogP contribution in [0, 0.1) is 0 Å². The Morgan fingerprint density at radius 3 is 1.93 bits per heavy atom. The Kier molecular flexibility index (Phi) is 8.94. The van der Waals surface area contributed by atoms with Crippen molar-refractivity contribution in [1.29, 1.82) is 0 Å². The lowest BCUT2D eigenvalue weighted by molar-refractivity contribution is 0.332. The predicted molar refractivity (Wildman–Crippen MR) is 298 cm³/mol. The highest BCUT2D eigenvalue weighted by molar-refractivity contribution is 7.26. The van der Waals surface area contributed by atoms with Crippen molar-refractivity contribution in [2.24, 2.45) is 0 Å². The first-order chi connectivity index (χ1) is 33.0. The van der Waals surface area contributed by atoms with Crippen LogP contribution in [0.25, 0.3) is 64.4 Å². The molecule has 0 radical (unpaired) electrons. The molecule has 8 aromatic carbocycles. The number of para-hydroxylation sites is 1. The molecule has 5 heteroatoms. The van der Waals surface area contributed by atoms with Crippen LogP contribution in [-0.2, 0) is 21.7 Å². The summed E-state index contributed by atoms with van der Waals surface area (Å²) in [6, 6.07) is 58.1. The molecule has 0 N–H and O–H groups in total. The van der Waals surface area contributed by atoms with E-state index in [9.17, 15) is 0 Å². The van der Waals surface area contributed by atoms with Gasteiger partial charge in [0.05, 0.1) is 16.1 Å². The highest BCUT2D eigenvalue weighted by Crippen LogP contribution is 2.57. The largest absolute Gasteiger partial charge is 0.455 e. The average Bonchev–Trinajstić information content (AvgIpc) is 3.91. The zero-order valence-electron chi connectivity index (χ0n) is 41.6. The van der Waals surface area contributed by atoms with Gasteiger partial charge in [-0.15, -0.1) is 11.3 Å². The second-order valence-corrected chi connectivity index (χ2v) is 24.6. The fourth-order valence-corrected chi connectivity index (χ4v) is 13.5. The number of benzene rings is 8. The average molecular weight is 915 g/mol. The van der Waals surface area contributed by atoms with Gasteiger partial charge in [-0.3, -0.25) is 0 Å². The molecule has 13 rings (SSSR count). The van der Waals surface area contributed by atoms with E-state index in [1.165, 1.54) is 104 Å². The molecule has 0 spiro atoms. The lowest BCUT2D eigenvalue weighted by Gasteiger charge is -2.48. The monoisotopic (exact) mass is 914 g/mol. The number of furan rings is 1. The summed E-state index contributed by atoms with van der Waals surface area (Å²) in [6.07, 6.45) is 2.28. The normalized spacial score (nSPS) is 16.0. The zero-order valence-corrected chi connectivity index (χ0v) is 42.5. The van der Waals surface area contributed by atoms with Gasteiger partial charge in [0.15, 0.2) is 0 Å². The van der Waals surface area contributed by atoms with Gasteiger partial charge in [-0.2, -0.15) is 0 Å². The Morgan fingerprint density at radius 1 is 0.551 bits per heavy atom. The van der Waals surface area contributed by atoms with Gasteiger partial charge in [0, 0.05) is 60.0 Å². The number of hydrogen-bond donors (Lipinski definition) is 0. The standard InChI is InChI=1S/C64H59BN2OS/c1-61(2,3)39-24-27-41(28-25-39)67-52-37-49-48(63(7,8)32-33-64(49,9)10)35-47(52)56-57-53(36-46-42-20-14-16-22-54(42)68-59(46)56)66(51-31-26-40(62(4,5)6)34-45(51)38-18-12-11-13-19-38)58-50(65(57)67)30-29-44-43-21-15-17-23-55(43)69-60(44)58/h11-31,34-37H,32-33H2,1-10H3. The molecular weight excluding hydrogens is 856 g/mol. The SMILES string of the molecule is CC(C)(C)c1ccc(N2B3c4ccc5c(sc6ccccc65)c4N(c4ccc(C(C)(C)C)cc4-c4ccccc4)c4cc5c(oc6ccccc65)c(c43)-c3cc4c(cc32)C(C)(C)CCC4(C)C)cc1. The van der Waals surface area contributed by atoms with E-state index in [-0.39, 0.29) is 28.5 Å². The van der Waals surface area contributed by atoms with E-state index in [1.54, 1.807) is 0 Å². The van der Waals surface area contributed by atoms with E-state index < -0.39 is 0 Å². The van der Waals surface area contributed by atoms with Gasteiger partial charge in [-0.1, -0.05) is 166 Å². The molecule has 0 unspecified atom stereocenters. The molecule has 0 saturated heterocycles. The Morgan fingerprint density at radius 2 is 1.20 bits per heavy atom. The first kappa shape index (κ1) is 42.5. The molecule has 340 valence electrons. The lowest BCUT2D eigenvalue weighted by Crippen LogP contribution is -2.61. The van der Waals surface area contributed by atoms with Crippen molar-refractivity contribution in [1.82, 2.24) is 0 Å². The smallest absolute Gasteiger partial charge is 0.333 e. The van der Waals surface area contributed by atoms with Crippen LogP contribution < -0.4 is 20.6 Å². The van der Waals surface area contributed by atoms with Crippen LogP contribution in [0.4, 0.5) is 28.4 Å². The van der Waals surface area contributed by atoms with Crippen molar-refractivity contribution in [2.75, 3.05) is 9.71 Å². The maximum absolute atomic E-state index is 7.26. The molecule has 3 nitrogen and oxygen atoms in total. The van der Waals surface area contributed by atoms with Crippen LogP contribution in [-0.4, -0.2) is 6.85 Å². The van der Waals surface area contributed by atoms with Gasteiger partial charge in [-0.05, 0) is 128 Å². The molecular formula is C64H59BN2OS. The van der Waals surface area contributed by atoms with Crippen LogP contribution in [0.15, 0.2) is 156 Å². The minimum Gasteiger partial charge on any atom is -0.455 e. The van der Waals surface area contributed by atoms with Crippen molar-refractivity contribution >= 4 is 99.7 Å². The highest BCUT2D eigenvalue weighted by Gasteiger charge is 2.49. The van der Waals surface area contributed by atoms with Crippen LogP contribution >= 0.6 is 11.3 Å². The summed E-state index contributed by atoms with van der Waals surface area (Å²) in [4.78, 5) is 5.39. The summed E-state index contributed by atoms with van der Waals surface area (Å²) in [6.45, 7) is 23.6. The van der Waals surface area contributed by atoms with Crippen molar-refractivity contribution in [2.45, 2.75) is 104 Å². The first-order valence-electron chi connectivity index (χ1n) is 25.0. The van der Waals surface area contributed by atoms with Crippen molar-refractivity contribution in [3.63, 3.8) is 0 Å². The van der Waals surface area contributed by atoms with Crippen LogP contribution in [0.1, 0.15) is 104 Å². The second kappa shape index (κ2) is 14.5. The fraction of sp³-hybridized carbons (Fsp3) is 0.250. The van der Waals surface area contributed by atoms with Crippen LogP contribution in [0.5, 0.6) is 0 Å². The first-order valence-corrected chi connectivity index (χ1v) is 25.8. The van der Waals surface area contributed by atoms with Crippen molar-refractivity contribution in [3.8, 4) is 22.3 Å². The Hall–Kier alpha value is -6.56. The van der Waals surface area contributed by atoms with Gasteiger partial charge < -0.3 is 14.1 Å². The number of hydrogen-bond acceptors (Lipinski definition) is 4. The molecule has 0 amide bonds. The lowest BCUT2D eigenvalue weighted by atomic mass is 9.43. The molecule has 2 aliphatic heterocycles. The zero-order chi connectivity index (χ0) is 47.5. The van der Waals surface area contributed by atoms with Gasteiger partial charge in [0.2, 0.25) is 0 Å². The Labute approximate surface area is 411 Å². The minimum atomic E-state index is -0.173. The maximum atomic E-state index is 7.26. The number of anilines is 5. The summed E-state index contributed by atoms with van der Waals surface area (Å²) in [5.41, 5.74) is 20.9. The Balaban J connectivity index is 1.24. The topological polar surface area (TPSA) is 19.6 Å². The second-order valence-electron chi connectivity index (χ2n) is 23.6. The molecule has 0 saturated carbocycles. The van der Waals surface area contributed by atoms with Gasteiger partial charge in [0.25, 0.3) is 0 Å².